The number of hydrogen-bond acceptors (Lipinski definition) is 3. The lowest BCUT2D eigenvalue weighted by molar-refractivity contribution is -0.216. The maximum Gasteiger partial charge on any atom is 0.135 e. The Morgan fingerprint density at radius 1 is 1.14 bits per heavy atom. The smallest absolute Gasteiger partial charge is 0.135 e. The van der Waals surface area contributed by atoms with E-state index in [1.165, 1.54) is 45.2 Å². The molecule has 2 heterocycles. The van der Waals surface area contributed by atoms with Gasteiger partial charge in [0.15, 0.2) is 0 Å². The summed E-state index contributed by atoms with van der Waals surface area (Å²) in [5, 5.41) is 9.51. The quantitative estimate of drug-likeness (QED) is 0.929. The monoisotopic (exact) mass is 289 g/mol. The van der Waals surface area contributed by atoms with E-state index < -0.39 is 0 Å². The van der Waals surface area contributed by atoms with Crippen LogP contribution in [0.2, 0.25) is 0 Å². The third-order valence-electron chi connectivity index (χ3n) is 6.31. The summed E-state index contributed by atoms with van der Waals surface area (Å²) in [6.45, 7) is 9.40. The molecule has 116 valence electrons. The minimum Gasteiger partial charge on any atom is -0.388 e. The molecular weight excluding hydrogens is 262 g/mol. The highest BCUT2D eigenvalue weighted by Gasteiger charge is 2.71. The van der Waals surface area contributed by atoms with Crippen molar-refractivity contribution in [1.29, 1.82) is 0 Å². The molecule has 4 fully saturated rings. The van der Waals surface area contributed by atoms with Crippen LogP contribution >= 0.6 is 0 Å². The number of aromatic nitrogens is 2. The van der Waals surface area contributed by atoms with Gasteiger partial charge >= 0.3 is 0 Å². The number of aliphatic hydroxyl groups excluding tert-OH is 1. The van der Waals surface area contributed by atoms with E-state index in [4.69, 9.17) is 0 Å². The number of aryl methyl sites for hydroxylation is 1. The second-order valence-corrected chi connectivity index (χ2v) is 8.46. The summed E-state index contributed by atoms with van der Waals surface area (Å²) in [4.78, 5) is 7.21. The zero-order valence-corrected chi connectivity index (χ0v) is 13.5. The second kappa shape index (κ2) is 4.11. The molecular formula is C17H27N3O. The summed E-state index contributed by atoms with van der Waals surface area (Å²) in [7, 11) is 0. The van der Waals surface area contributed by atoms with Gasteiger partial charge in [0.1, 0.15) is 12.4 Å². The summed E-state index contributed by atoms with van der Waals surface area (Å²) >= 11 is 0. The molecule has 2 bridgehead atoms. The third-order valence-corrected chi connectivity index (χ3v) is 6.31. The van der Waals surface area contributed by atoms with Crippen LogP contribution in [-0.2, 0) is 12.1 Å². The lowest BCUT2D eigenvalue weighted by Crippen LogP contribution is -2.79. The summed E-state index contributed by atoms with van der Waals surface area (Å²) in [6, 6.07) is 0. The Bertz CT molecular complexity index is 545. The lowest BCUT2D eigenvalue weighted by Gasteiger charge is -2.75. The van der Waals surface area contributed by atoms with Gasteiger partial charge in [0.2, 0.25) is 0 Å². The predicted molar refractivity (Wildman–Crippen MR) is 82.0 cm³/mol. The number of piperidine rings is 1. The van der Waals surface area contributed by atoms with E-state index in [-0.39, 0.29) is 12.1 Å². The van der Waals surface area contributed by atoms with E-state index in [1.54, 1.807) is 0 Å². The first-order chi connectivity index (χ1) is 9.88. The fourth-order valence-electron chi connectivity index (χ4n) is 4.93. The summed E-state index contributed by atoms with van der Waals surface area (Å²) in [5.41, 5.74) is 2.30. The first-order valence-corrected chi connectivity index (χ1v) is 8.30. The van der Waals surface area contributed by atoms with Gasteiger partial charge in [-0.05, 0) is 57.5 Å². The fourth-order valence-corrected chi connectivity index (χ4v) is 4.93. The Morgan fingerprint density at radius 3 is 2.33 bits per heavy atom. The van der Waals surface area contributed by atoms with Crippen molar-refractivity contribution in [3.05, 3.63) is 17.7 Å². The molecule has 1 aromatic heterocycles. The van der Waals surface area contributed by atoms with Crippen LogP contribution in [0.15, 0.2) is 6.20 Å². The molecule has 4 aliphatic rings. The van der Waals surface area contributed by atoms with Crippen molar-refractivity contribution in [3.8, 4) is 0 Å². The van der Waals surface area contributed by atoms with Crippen molar-refractivity contribution in [2.45, 2.75) is 70.6 Å². The largest absolute Gasteiger partial charge is 0.388 e. The zero-order chi connectivity index (χ0) is 14.9. The Balaban J connectivity index is 1.46. The molecule has 3 saturated carbocycles. The molecule has 21 heavy (non-hydrogen) atoms. The molecule has 0 amide bonds. The number of imidazole rings is 1. The third kappa shape index (κ3) is 1.85. The normalized spacial score (nSPS) is 37.9. The standard InChI is InChI=1S/C17H27N3O/c1-13-8-20(14(9-21)18-13)17-10-16(11-17,12-17)19-6-4-15(2,3)5-7-19/h8,21H,4-7,9-12H2,1-3H3. The highest BCUT2D eigenvalue weighted by molar-refractivity contribution is 5.29. The Kier molecular flexibility index (Phi) is 2.69. The molecule has 3 aliphatic carbocycles. The molecule has 5 rings (SSSR count). The van der Waals surface area contributed by atoms with Gasteiger partial charge in [-0.3, -0.25) is 4.90 Å². The van der Waals surface area contributed by atoms with E-state index in [0.717, 1.165) is 11.5 Å². The Labute approximate surface area is 127 Å². The van der Waals surface area contributed by atoms with E-state index >= 15 is 0 Å². The molecule has 1 N–H and O–H groups in total. The average molecular weight is 289 g/mol. The minimum absolute atomic E-state index is 0.0560. The van der Waals surface area contributed by atoms with Crippen molar-refractivity contribution in [3.63, 3.8) is 0 Å². The van der Waals surface area contributed by atoms with Gasteiger partial charge in [0.05, 0.1) is 11.2 Å². The first kappa shape index (κ1) is 13.8. The van der Waals surface area contributed by atoms with Gasteiger partial charge in [-0.1, -0.05) is 13.8 Å². The minimum atomic E-state index is 0.0560. The highest BCUT2D eigenvalue weighted by atomic mass is 16.3. The lowest BCUT2D eigenvalue weighted by atomic mass is 9.43. The highest BCUT2D eigenvalue weighted by Crippen LogP contribution is 2.68. The number of hydrogen-bond donors (Lipinski definition) is 1. The molecule has 1 aliphatic heterocycles. The molecule has 4 heteroatoms. The summed E-state index contributed by atoms with van der Waals surface area (Å²) in [6.07, 6.45) is 8.55. The number of nitrogens with zero attached hydrogens (tertiary/aromatic N) is 3. The van der Waals surface area contributed by atoms with Crippen molar-refractivity contribution in [2.24, 2.45) is 5.41 Å². The zero-order valence-electron chi connectivity index (χ0n) is 13.5. The van der Waals surface area contributed by atoms with Gasteiger partial charge in [-0.25, -0.2) is 4.98 Å². The van der Waals surface area contributed by atoms with Crippen LogP contribution in [0.25, 0.3) is 0 Å². The number of rotatable bonds is 3. The van der Waals surface area contributed by atoms with Gasteiger partial charge < -0.3 is 9.67 Å². The molecule has 0 aromatic carbocycles. The van der Waals surface area contributed by atoms with Crippen LogP contribution in [0.5, 0.6) is 0 Å². The summed E-state index contributed by atoms with van der Waals surface area (Å²) < 4.78 is 2.28. The van der Waals surface area contributed by atoms with Crippen molar-refractivity contribution >= 4 is 0 Å². The molecule has 4 nitrogen and oxygen atoms in total. The van der Waals surface area contributed by atoms with Gasteiger partial charge in [0, 0.05) is 11.7 Å². The van der Waals surface area contributed by atoms with Crippen LogP contribution in [0, 0.1) is 12.3 Å². The Hall–Kier alpha value is -0.870. The molecule has 1 aromatic rings. The molecule has 0 radical (unpaired) electrons. The maximum atomic E-state index is 9.51. The van der Waals surface area contributed by atoms with E-state index in [1.807, 2.05) is 6.92 Å². The van der Waals surface area contributed by atoms with Crippen LogP contribution in [0.3, 0.4) is 0 Å². The van der Waals surface area contributed by atoms with Crippen molar-refractivity contribution < 1.29 is 5.11 Å². The van der Waals surface area contributed by atoms with Gasteiger partial charge in [-0.2, -0.15) is 0 Å². The van der Waals surface area contributed by atoms with Crippen LogP contribution in [0.1, 0.15) is 57.5 Å². The average Bonchev–Trinajstić information content (AvgIpc) is 2.69. The SMILES string of the molecule is Cc1cn(C23CC(N4CCC(C)(C)CC4)(C2)C3)c(CO)n1. The topological polar surface area (TPSA) is 41.3 Å². The molecule has 1 saturated heterocycles. The number of aliphatic hydroxyl groups is 1. The number of likely N-dealkylation sites (tertiary alicyclic amines) is 1. The fraction of sp³-hybridized carbons (Fsp3) is 0.824. The van der Waals surface area contributed by atoms with Gasteiger partial charge in [-0.15, -0.1) is 0 Å². The molecule has 0 unspecified atom stereocenters. The van der Waals surface area contributed by atoms with E-state index in [9.17, 15) is 5.11 Å². The Morgan fingerprint density at radius 2 is 1.76 bits per heavy atom. The van der Waals surface area contributed by atoms with Gasteiger partial charge in [0.25, 0.3) is 0 Å². The van der Waals surface area contributed by atoms with E-state index in [2.05, 4.69) is 34.5 Å². The van der Waals surface area contributed by atoms with Crippen molar-refractivity contribution in [1.82, 2.24) is 14.5 Å². The van der Waals surface area contributed by atoms with Crippen LogP contribution in [-0.4, -0.2) is 38.2 Å². The van der Waals surface area contributed by atoms with Crippen LogP contribution in [0.4, 0.5) is 0 Å². The first-order valence-electron chi connectivity index (χ1n) is 8.30. The van der Waals surface area contributed by atoms with Crippen LogP contribution < -0.4 is 0 Å². The van der Waals surface area contributed by atoms with Crippen molar-refractivity contribution in [2.75, 3.05) is 13.1 Å². The predicted octanol–water partition coefficient (Wildman–Crippen LogP) is 2.44. The van der Waals surface area contributed by atoms with E-state index in [0.29, 0.717) is 11.0 Å². The maximum absolute atomic E-state index is 9.51. The summed E-state index contributed by atoms with van der Waals surface area (Å²) in [5.74, 6) is 0.848. The second-order valence-electron chi connectivity index (χ2n) is 8.46. The molecule has 0 atom stereocenters. The molecule has 0 spiro atoms.